The van der Waals surface area contributed by atoms with Gasteiger partial charge in [-0.3, -0.25) is 14.9 Å². The van der Waals surface area contributed by atoms with Crippen LogP contribution in [0.5, 0.6) is 5.75 Å². The van der Waals surface area contributed by atoms with E-state index in [0.717, 1.165) is 11.1 Å². The Morgan fingerprint density at radius 1 is 0.931 bits per heavy atom. The maximum absolute atomic E-state index is 13.0. The summed E-state index contributed by atoms with van der Waals surface area (Å²) in [6.45, 7) is 1.65. The van der Waals surface area contributed by atoms with Gasteiger partial charge < -0.3 is 9.47 Å². The van der Waals surface area contributed by atoms with Crippen molar-refractivity contribution in [2.45, 2.75) is 18.9 Å². The molecule has 6 nitrogen and oxygen atoms in total. The third kappa shape index (κ3) is 4.60. The van der Waals surface area contributed by atoms with Crippen molar-refractivity contribution in [3.63, 3.8) is 0 Å². The van der Waals surface area contributed by atoms with Crippen LogP contribution in [0.4, 0.5) is 5.69 Å². The summed E-state index contributed by atoms with van der Waals surface area (Å²) >= 11 is 0. The van der Waals surface area contributed by atoms with Crippen LogP contribution in [0.3, 0.4) is 0 Å². The largest absolute Gasteiger partial charge is 0.496 e. The number of rotatable bonds is 7. The minimum atomic E-state index is -0.750. The smallest absolute Gasteiger partial charge is 0.314 e. The number of methoxy groups -OCH3 is 1. The molecule has 0 saturated heterocycles. The highest BCUT2D eigenvalue weighted by Gasteiger charge is 2.27. The Balaban J connectivity index is 1.92. The fourth-order valence-corrected chi connectivity index (χ4v) is 3.10. The molecule has 3 aromatic carbocycles. The van der Waals surface area contributed by atoms with Gasteiger partial charge in [0.05, 0.1) is 18.0 Å². The lowest BCUT2D eigenvalue weighted by molar-refractivity contribution is -0.384. The molecule has 0 saturated carbocycles. The molecule has 0 aliphatic rings. The van der Waals surface area contributed by atoms with Crippen LogP contribution in [0.25, 0.3) is 0 Å². The average molecular weight is 391 g/mol. The minimum absolute atomic E-state index is 0.108. The van der Waals surface area contributed by atoms with Crippen molar-refractivity contribution in [3.8, 4) is 5.75 Å². The number of hydrogen-bond acceptors (Lipinski definition) is 5. The maximum Gasteiger partial charge on any atom is 0.314 e. The van der Waals surface area contributed by atoms with E-state index < -0.39 is 22.9 Å². The molecule has 0 amide bonds. The Kier molecular flexibility index (Phi) is 6.24. The van der Waals surface area contributed by atoms with Gasteiger partial charge in [-0.15, -0.1) is 0 Å². The molecule has 29 heavy (non-hydrogen) atoms. The third-order valence-corrected chi connectivity index (χ3v) is 4.68. The Hall–Kier alpha value is -3.67. The number of nitro groups is 1. The number of nitro benzene ring substituents is 1. The van der Waals surface area contributed by atoms with Crippen molar-refractivity contribution in [2.75, 3.05) is 7.11 Å². The normalized spacial score (nSPS) is 11.7. The number of non-ortho nitro benzene ring substituents is 1. The maximum atomic E-state index is 13.0. The van der Waals surface area contributed by atoms with E-state index >= 15 is 0 Å². The molecule has 1 atom stereocenters. The summed E-state index contributed by atoms with van der Waals surface area (Å²) in [6.07, 6.45) is -0.586. The number of carbonyl (C=O) groups excluding carboxylic acids is 1. The summed E-state index contributed by atoms with van der Waals surface area (Å²) in [5.74, 6) is -0.850. The van der Waals surface area contributed by atoms with Gasteiger partial charge in [-0.25, -0.2) is 0 Å². The summed E-state index contributed by atoms with van der Waals surface area (Å²) in [5, 5.41) is 11.1. The number of carbonyl (C=O) groups is 1. The summed E-state index contributed by atoms with van der Waals surface area (Å²) in [6, 6.07) is 23.1. The molecule has 0 fully saturated rings. The van der Waals surface area contributed by atoms with Gasteiger partial charge in [0.2, 0.25) is 0 Å². The van der Waals surface area contributed by atoms with Crippen LogP contribution >= 0.6 is 0 Å². The molecule has 0 bridgehead atoms. The first-order valence-corrected chi connectivity index (χ1v) is 9.14. The Morgan fingerprint density at radius 2 is 1.48 bits per heavy atom. The molecule has 0 radical (unpaired) electrons. The van der Waals surface area contributed by atoms with Crippen molar-refractivity contribution in [1.29, 1.82) is 0 Å². The van der Waals surface area contributed by atoms with Crippen LogP contribution in [-0.4, -0.2) is 18.0 Å². The molecule has 1 unspecified atom stereocenters. The van der Waals surface area contributed by atoms with Crippen LogP contribution in [0, 0.1) is 10.1 Å². The van der Waals surface area contributed by atoms with E-state index in [1.807, 2.05) is 60.7 Å². The zero-order valence-electron chi connectivity index (χ0n) is 16.1. The highest BCUT2D eigenvalue weighted by molar-refractivity contribution is 5.79. The molecule has 6 heteroatoms. The number of benzene rings is 3. The molecule has 0 aromatic heterocycles. The topological polar surface area (TPSA) is 78.7 Å². The van der Waals surface area contributed by atoms with E-state index in [2.05, 4.69) is 0 Å². The highest BCUT2D eigenvalue weighted by Crippen LogP contribution is 2.34. The molecule has 0 N–H and O–H groups in total. The molecular weight excluding hydrogens is 370 g/mol. The number of hydrogen-bond donors (Lipinski definition) is 0. The Labute approximate surface area is 168 Å². The van der Waals surface area contributed by atoms with Crippen LogP contribution in [0.15, 0.2) is 78.9 Å². The zero-order valence-corrected chi connectivity index (χ0v) is 16.1. The second-order valence-electron chi connectivity index (χ2n) is 6.54. The van der Waals surface area contributed by atoms with Gasteiger partial charge in [0.1, 0.15) is 5.75 Å². The van der Waals surface area contributed by atoms with Gasteiger partial charge in [-0.1, -0.05) is 60.7 Å². The predicted molar refractivity (Wildman–Crippen MR) is 109 cm³/mol. The molecule has 3 rings (SSSR count). The molecule has 3 aromatic rings. The van der Waals surface area contributed by atoms with Gasteiger partial charge >= 0.3 is 5.97 Å². The van der Waals surface area contributed by atoms with E-state index in [1.165, 1.54) is 25.3 Å². The van der Waals surface area contributed by atoms with Crippen LogP contribution in [0.2, 0.25) is 0 Å². The van der Waals surface area contributed by atoms with Crippen molar-refractivity contribution < 1.29 is 19.2 Å². The van der Waals surface area contributed by atoms with Gasteiger partial charge in [0.15, 0.2) is 6.10 Å². The number of nitrogens with zero attached hydrogens (tertiary/aromatic N) is 1. The summed E-state index contributed by atoms with van der Waals surface area (Å²) in [5.41, 5.74) is 1.98. The zero-order chi connectivity index (χ0) is 20.8. The second kappa shape index (κ2) is 9.01. The van der Waals surface area contributed by atoms with Gasteiger partial charge in [0, 0.05) is 17.7 Å². The van der Waals surface area contributed by atoms with Crippen molar-refractivity contribution in [1.82, 2.24) is 0 Å². The van der Waals surface area contributed by atoms with Gasteiger partial charge in [-0.05, 0) is 24.1 Å². The lowest BCUT2D eigenvalue weighted by atomic mass is 9.98. The average Bonchev–Trinajstić information content (AvgIpc) is 2.77. The Morgan fingerprint density at radius 3 is 1.97 bits per heavy atom. The number of esters is 1. The molecule has 0 heterocycles. The molecule has 148 valence electrons. The first kappa shape index (κ1) is 20.1. The van der Waals surface area contributed by atoms with Gasteiger partial charge in [-0.2, -0.15) is 0 Å². The molecule has 0 aliphatic heterocycles. The van der Waals surface area contributed by atoms with E-state index in [9.17, 15) is 14.9 Å². The summed E-state index contributed by atoms with van der Waals surface area (Å²) in [7, 11) is 1.46. The first-order valence-electron chi connectivity index (χ1n) is 9.14. The first-order chi connectivity index (χ1) is 14.0. The van der Waals surface area contributed by atoms with Crippen LogP contribution in [0.1, 0.15) is 35.6 Å². The van der Waals surface area contributed by atoms with Crippen molar-refractivity contribution in [2.24, 2.45) is 0 Å². The standard InChI is InChI=1S/C23H21NO5/c1-16(20-15-19(24(26)27)13-14-21(20)28-2)23(25)29-22(17-9-5-3-6-10-17)18-11-7-4-8-12-18/h3-16,22H,1-2H3. The SMILES string of the molecule is COc1ccc([N+](=O)[O-])cc1C(C)C(=O)OC(c1ccccc1)c1ccccc1. The van der Waals surface area contributed by atoms with Crippen LogP contribution < -0.4 is 4.74 Å². The quantitative estimate of drug-likeness (QED) is 0.320. The summed E-state index contributed by atoms with van der Waals surface area (Å²) < 4.78 is 11.2. The van der Waals surface area contributed by atoms with Gasteiger partial charge in [0.25, 0.3) is 5.69 Å². The van der Waals surface area contributed by atoms with E-state index in [0.29, 0.717) is 11.3 Å². The number of ether oxygens (including phenoxy) is 2. The fourth-order valence-electron chi connectivity index (χ4n) is 3.10. The lowest BCUT2D eigenvalue weighted by Crippen LogP contribution is -2.18. The third-order valence-electron chi connectivity index (χ3n) is 4.68. The highest BCUT2D eigenvalue weighted by atomic mass is 16.6. The minimum Gasteiger partial charge on any atom is -0.496 e. The summed E-state index contributed by atoms with van der Waals surface area (Å²) in [4.78, 5) is 23.6. The lowest BCUT2D eigenvalue weighted by Gasteiger charge is -2.22. The van der Waals surface area contributed by atoms with Crippen LogP contribution in [-0.2, 0) is 9.53 Å². The molecule has 0 aliphatic carbocycles. The molecular formula is C23H21NO5. The predicted octanol–water partition coefficient (Wildman–Crippen LogP) is 5.04. The van der Waals surface area contributed by atoms with Crippen molar-refractivity contribution in [3.05, 3.63) is 106 Å². The fraction of sp³-hybridized carbons (Fsp3) is 0.174. The van der Waals surface area contributed by atoms with E-state index in [4.69, 9.17) is 9.47 Å². The molecule has 0 spiro atoms. The Bertz CT molecular complexity index is 949. The monoisotopic (exact) mass is 391 g/mol. The second-order valence-corrected chi connectivity index (χ2v) is 6.54. The van der Waals surface area contributed by atoms with E-state index in [1.54, 1.807) is 6.92 Å². The van der Waals surface area contributed by atoms with E-state index in [-0.39, 0.29) is 5.69 Å². The van der Waals surface area contributed by atoms with Crippen molar-refractivity contribution >= 4 is 11.7 Å².